The molecule has 0 heterocycles. The quantitative estimate of drug-likeness (QED) is 0.429. The zero-order valence-corrected chi connectivity index (χ0v) is 14.7. The number of anilines is 1. The summed E-state index contributed by atoms with van der Waals surface area (Å²) in [4.78, 5) is 0. The van der Waals surface area contributed by atoms with Gasteiger partial charge in [-0.05, 0) is 37.1 Å². The summed E-state index contributed by atoms with van der Waals surface area (Å²) < 4.78 is 31.6. The van der Waals surface area contributed by atoms with Crippen LogP contribution in [0, 0.1) is 6.92 Å². The van der Waals surface area contributed by atoms with Crippen molar-refractivity contribution in [3.05, 3.63) is 23.8 Å². The summed E-state index contributed by atoms with van der Waals surface area (Å²) in [7, 11) is -3.67. The Hall–Kier alpha value is -1.27. The third-order valence-electron chi connectivity index (χ3n) is 2.95. The molecule has 0 aliphatic rings. The zero-order valence-electron chi connectivity index (χ0n) is 13.8. The molecule has 0 bridgehead atoms. The van der Waals surface area contributed by atoms with E-state index < -0.39 is 10.1 Å². The smallest absolute Gasteiger partial charge is 0.261 e. The largest absolute Gasteiger partial charge is 0.493 e. The number of aryl methyl sites for hydroxylation is 1. The molecule has 1 aromatic carbocycles. The summed E-state index contributed by atoms with van der Waals surface area (Å²) in [5, 5.41) is 0. The molecule has 0 fully saturated rings. The van der Waals surface area contributed by atoms with Crippen LogP contribution in [0.5, 0.6) is 5.75 Å². The van der Waals surface area contributed by atoms with E-state index in [1.54, 1.807) is 0 Å². The summed E-state index contributed by atoms with van der Waals surface area (Å²) in [5.41, 5.74) is 7.62. The van der Waals surface area contributed by atoms with Crippen molar-refractivity contribution >= 4 is 15.8 Å². The first-order valence-corrected chi connectivity index (χ1v) is 9.50. The van der Waals surface area contributed by atoms with Gasteiger partial charge in [0.2, 0.25) is 0 Å². The van der Waals surface area contributed by atoms with Gasteiger partial charge in [-0.15, -0.1) is 0 Å². The molecule has 6 heteroatoms. The minimum atomic E-state index is -3.67. The predicted octanol–water partition coefficient (Wildman–Crippen LogP) is 3.82. The molecule has 22 heavy (non-hydrogen) atoms. The maximum atomic E-state index is 9.19. The lowest BCUT2D eigenvalue weighted by Gasteiger charge is -2.09. The minimum absolute atomic E-state index is 0.715. The molecule has 1 aromatic rings. The molecule has 0 aliphatic carbocycles. The first-order valence-electron chi connectivity index (χ1n) is 7.65. The molecule has 5 nitrogen and oxygen atoms in total. The number of ether oxygens (including phenoxy) is 1. The Kier molecular flexibility index (Phi) is 10.7. The number of hydrogen-bond donors (Lipinski definition) is 2. The Morgan fingerprint density at radius 2 is 1.68 bits per heavy atom. The number of rotatable bonds is 8. The number of hydrogen-bond acceptors (Lipinski definition) is 4. The van der Waals surface area contributed by atoms with Crippen LogP contribution in [0.15, 0.2) is 18.2 Å². The van der Waals surface area contributed by atoms with E-state index in [0.29, 0.717) is 6.26 Å². The van der Waals surface area contributed by atoms with Crippen molar-refractivity contribution in [3.63, 3.8) is 0 Å². The van der Waals surface area contributed by atoms with Crippen molar-refractivity contribution in [3.8, 4) is 5.75 Å². The fraction of sp³-hybridized carbons (Fsp3) is 0.625. The Labute approximate surface area is 134 Å². The lowest BCUT2D eigenvalue weighted by atomic mass is 10.1. The number of benzene rings is 1. The van der Waals surface area contributed by atoms with Crippen molar-refractivity contribution in [1.82, 2.24) is 0 Å². The second-order valence-corrected chi connectivity index (χ2v) is 6.84. The van der Waals surface area contributed by atoms with Crippen LogP contribution in [0.2, 0.25) is 0 Å². The van der Waals surface area contributed by atoms with Crippen LogP contribution >= 0.6 is 0 Å². The molecule has 0 aromatic heterocycles. The molecule has 0 spiro atoms. The van der Waals surface area contributed by atoms with Gasteiger partial charge in [0.05, 0.1) is 12.9 Å². The van der Waals surface area contributed by atoms with Crippen molar-refractivity contribution in [2.24, 2.45) is 0 Å². The van der Waals surface area contributed by atoms with E-state index in [0.717, 1.165) is 30.0 Å². The highest BCUT2D eigenvalue weighted by molar-refractivity contribution is 7.85. The molecule has 3 N–H and O–H groups in total. The molecule has 0 radical (unpaired) electrons. The highest BCUT2D eigenvalue weighted by Gasteiger charge is 1.99. The molecule has 0 aliphatic heterocycles. The first kappa shape index (κ1) is 20.7. The molecule has 0 saturated carbocycles. The van der Waals surface area contributed by atoms with E-state index in [9.17, 15) is 8.42 Å². The summed E-state index contributed by atoms with van der Waals surface area (Å²) in [6, 6.07) is 5.81. The Bertz CT molecular complexity index is 507. The van der Waals surface area contributed by atoms with Gasteiger partial charge in [-0.3, -0.25) is 4.55 Å². The van der Waals surface area contributed by atoms with Crippen molar-refractivity contribution in [2.45, 2.75) is 52.4 Å². The Morgan fingerprint density at radius 3 is 2.23 bits per heavy atom. The summed E-state index contributed by atoms with van der Waals surface area (Å²) in [6.45, 7) is 5.09. The molecular weight excluding hydrogens is 302 g/mol. The standard InChI is InChI=1S/C15H25NO.CH4O3S/c1-3-4-5-6-7-8-11-17-15-10-9-14(16)12-13(15)2;1-5(2,3)4/h9-10,12H,3-8,11,16H2,1-2H3;1H3,(H,2,3,4). The SMILES string of the molecule is CCCCCCCCOc1ccc(N)cc1C.CS(=O)(=O)O. The molecule has 0 saturated heterocycles. The second-order valence-electron chi connectivity index (χ2n) is 5.37. The fourth-order valence-electron chi connectivity index (χ4n) is 1.90. The zero-order chi connectivity index (χ0) is 17.0. The van der Waals surface area contributed by atoms with Gasteiger partial charge in [0.15, 0.2) is 0 Å². The van der Waals surface area contributed by atoms with E-state index in [-0.39, 0.29) is 0 Å². The minimum Gasteiger partial charge on any atom is -0.493 e. The third kappa shape index (κ3) is 13.7. The lowest BCUT2D eigenvalue weighted by molar-refractivity contribution is 0.302. The molecule has 1 rings (SSSR count). The maximum Gasteiger partial charge on any atom is 0.261 e. The molecular formula is C16H29NO4S. The third-order valence-corrected chi connectivity index (χ3v) is 2.95. The van der Waals surface area contributed by atoms with Crippen molar-refractivity contribution in [1.29, 1.82) is 0 Å². The topological polar surface area (TPSA) is 89.6 Å². The number of nitrogen functional groups attached to an aromatic ring is 1. The number of nitrogens with two attached hydrogens (primary N) is 1. The van der Waals surface area contributed by atoms with Gasteiger partial charge in [-0.25, -0.2) is 0 Å². The van der Waals surface area contributed by atoms with Gasteiger partial charge in [0.25, 0.3) is 10.1 Å². The predicted molar refractivity (Wildman–Crippen MR) is 91.9 cm³/mol. The molecule has 128 valence electrons. The second kappa shape index (κ2) is 11.3. The fourth-order valence-corrected chi connectivity index (χ4v) is 1.90. The Morgan fingerprint density at radius 1 is 1.14 bits per heavy atom. The highest BCUT2D eigenvalue weighted by atomic mass is 32.2. The average molecular weight is 331 g/mol. The van der Waals surface area contributed by atoms with Crippen LogP contribution < -0.4 is 10.5 Å². The van der Waals surface area contributed by atoms with Gasteiger partial charge < -0.3 is 10.5 Å². The van der Waals surface area contributed by atoms with Crippen LogP contribution in [0.25, 0.3) is 0 Å². The van der Waals surface area contributed by atoms with E-state index in [4.69, 9.17) is 15.0 Å². The molecule has 0 atom stereocenters. The monoisotopic (exact) mass is 331 g/mol. The van der Waals surface area contributed by atoms with Gasteiger partial charge >= 0.3 is 0 Å². The summed E-state index contributed by atoms with van der Waals surface area (Å²) in [6.07, 6.45) is 8.49. The van der Waals surface area contributed by atoms with Crippen LogP contribution in [0.4, 0.5) is 5.69 Å². The van der Waals surface area contributed by atoms with Gasteiger partial charge in [0, 0.05) is 5.69 Å². The van der Waals surface area contributed by atoms with E-state index >= 15 is 0 Å². The van der Waals surface area contributed by atoms with Gasteiger partial charge in [0.1, 0.15) is 5.75 Å². The first-order chi connectivity index (χ1) is 10.2. The average Bonchev–Trinajstić information content (AvgIpc) is 2.38. The molecule has 0 unspecified atom stereocenters. The summed E-state index contributed by atoms with van der Waals surface area (Å²) >= 11 is 0. The normalized spacial score (nSPS) is 10.7. The lowest BCUT2D eigenvalue weighted by Crippen LogP contribution is -1.99. The van der Waals surface area contributed by atoms with E-state index in [1.807, 2.05) is 25.1 Å². The van der Waals surface area contributed by atoms with Crippen LogP contribution in [-0.4, -0.2) is 25.8 Å². The Balaban J connectivity index is 0.000000763. The van der Waals surface area contributed by atoms with E-state index in [1.165, 1.54) is 32.1 Å². The highest BCUT2D eigenvalue weighted by Crippen LogP contribution is 2.20. The molecule has 0 amide bonds. The van der Waals surface area contributed by atoms with Gasteiger partial charge in [-0.2, -0.15) is 8.42 Å². The van der Waals surface area contributed by atoms with Crippen LogP contribution in [-0.2, 0) is 10.1 Å². The van der Waals surface area contributed by atoms with Crippen LogP contribution in [0.3, 0.4) is 0 Å². The van der Waals surface area contributed by atoms with Crippen molar-refractivity contribution in [2.75, 3.05) is 18.6 Å². The van der Waals surface area contributed by atoms with Gasteiger partial charge in [-0.1, -0.05) is 39.0 Å². The van der Waals surface area contributed by atoms with Crippen LogP contribution in [0.1, 0.15) is 51.0 Å². The maximum absolute atomic E-state index is 9.19. The number of unbranched alkanes of at least 4 members (excludes halogenated alkanes) is 5. The summed E-state index contributed by atoms with van der Waals surface area (Å²) in [5.74, 6) is 0.966. The van der Waals surface area contributed by atoms with Crippen molar-refractivity contribution < 1.29 is 17.7 Å². The van der Waals surface area contributed by atoms with E-state index in [2.05, 4.69) is 6.92 Å².